The smallest absolute Gasteiger partial charge is 0.228 e. The number of carbonyl (C=O) groups excluding carboxylic acids is 2. The van der Waals surface area contributed by atoms with Crippen molar-refractivity contribution in [3.63, 3.8) is 0 Å². The molecular formula is C14H15Cl3N3O3S-. The van der Waals surface area contributed by atoms with E-state index in [2.05, 4.69) is 16.0 Å². The van der Waals surface area contributed by atoms with Crippen molar-refractivity contribution < 1.29 is 14.7 Å². The van der Waals surface area contributed by atoms with Gasteiger partial charge in [0.2, 0.25) is 9.70 Å². The van der Waals surface area contributed by atoms with Crippen molar-refractivity contribution in [2.45, 2.75) is 23.8 Å². The van der Waals surface area contributed by atoms with Gasteiger partial charge >= 0.3 is 0 Å². The number of amides is 1. The van der Waals surface area contributed by atoms with Crippen molar-refractivity contribution >= 4 is 69.7 Å². The van der Waals surface area contributed by atoms with E-state index in [9.17, 15) is 14.7 Å². The summed E-state index contributed by atoms with van der Waals surface area (Å²) in [4.78, 5) is 22.5. The van der Waals surface area contributed by atoms with Gasteiger partial charge in [-0.2, -0.15) is 0 Å². The predicted octanol–water partition coefficient (Wildman–Crippen LogP) is 1.80. The summed E-state index contributed by atoms with van der Waals surface area (Å²) >= 11 is 22.6. The van der Waals surface area contributed by atoms with Gasteiger partial charge in [0, 0.05) is 11.6 Å². The van der Waals surface area contributed by atoms with Crippen LogP contribution in [0.1, 0.15) is 24.2 Å². The van der Waals surface area contributed by atoms with E-state index in [0.717, 1.165) is 0 Å². The molecule has 1 atom stereocenters. The van der Waals surface area contributed by atoms with Gasteiger partial charge in [0.05, 0.1) is 5.97 Å². The number of carbonyl (C=O) groups is 2. The second-order valence-corrected chi connectivity index (χ2v) is 7.88. The fraction of sp³-hybridized carbons (Fsp3) is 0.357. The Labute approximate surface area is 159 Å². The molecular weight excluding hydrogens is 397 g/mol. The van der Waals surface area contributed by atoms with Crippen LogP contribution in [0, 0.1) is 5.92 Å². The lowest BCUT2D eigenvalue weighted by atomic mass is 10.2. The number of hydrogen-bond donors (Lipinski definition) is 3. The van der Waals surface area contributed by atoms with E-state index in [1.54, 1.807) is 13.8 Å². The number of benzene rings is 1. The van der Waals surface area contributed by atoms with Crippen molar-refractivity contribution in [3.05, 3.63) is 29.8 Å². The highest BCUT2D eigenvalue weighted by atomic mass is 35.6. The Morgan fingerprint density at radius 2 is 1.67 bits per heavy atom. The monoisotopic (exact) mass is 410 g/mol. The summed E-state index contributed by atoms with van der Waals surface area (Å²) in [6.45, 7) is 3.39. The Morgan fingerprint density at radius 1 is 1.12 bits per heavy atom. The van der Waals surface area contributed by atoms with Crippen LogP contribution in [0.25, 0.3) is 0 Å². The largest absolute Gasteiger partial charge is 0.545 e. The first-order valence-electron chi connectivity index (χ1n) is 6.76. The van der Waals surface area contributed by atoms with E-state index >= 15 is 0 Å². The summed E-state index contributed by atoms with van der Waals surface area (Å²) in [6.07, 6.45) is -1.06. The van der Waals surface area contributed by atoms with E-state index < -0.39 is 15.9 Å². The highest BCUT2D eigenvalue weighted by molar-refractivity contribution is 7.80. The molecule has 1 aromatic carbocycles. The Hall–Kier alpha value is -1.28. The van der Waals surface area contributed by atoms with Gasteiger partial charge in [-0.3, -0.25) is 4.79 Å². The molecule has 0 spiro atoms. The number of anilines is 1. The number of nitrogens with one attached hydrogen (secondary N) is 3. The average Bonchev–Trinajstić information content (AvgIpc) is 2.45. The maximum absolute atomic E-state index is 11.8. The number of aromatic carboxylic acids is 1. The van der Waals surface area contributed by atoms with Gasteiger partial charge in [-0.1, -0.05) is 60.8 Å². The molecule has 0 aliphatic rings. The first kappa shape index (κ1) is 20.8. The van der Waals surface area contributed by atoms with E-state index in [1.165, 1.54) is 24.3 Å². The van der Waals surface area contributed by atoms with Crippen molar-refractivity contribution in [1.29, 1.82) is 0 Å². The predicted molar refractivity (Wildman–Crippen MR) is 97.2 cm³/mol. The lowest BCUT2D eigenvalue weighted by Gasteiger charge is -2.28. The number of hydrogen-bond acceptors (Lipinski definition) is 4. The minimum absolute atomic E-state index is 0.0304. The normalized spacial score (nSPS) is 12.4. The fourth-order valence-electron chi connectivity index (χ4n) is 1.50. The van der Waals surface area contributed by atoms with Crippen LogP contribution >= 0.6 is 47.0 Å². The van der Waals surface area contributed by atoms with Crippen LogP contribution in [-0.2, 0) is 4.79 Å². The van der Waals surface area contributed by atoms with E-state index in [0.29, 0.717) is 5.69 Å². The molecule has 0 aromatic heterocycles. The van der Waals surface area contributed by atoms with Gasteiger partial charge in [-0.05, 0) is 29.9 Å². The molecule has 1 rings (SSSR count). The summed E-state index contributed by atoms with van der Waals surface area (Å²) in [5, 5.41) is 18.8. The molecule has 132 valence electrons. The summed E-state index contributed by atoms with van der Waals surface area (Å²) in [5.74, 6) is -1.91. The lowest BCUT2D eigenvalue weighted by Crippen LogP contribution is -2.56. The van der Waals surface area contributed by atoms with Crippen molar-refractivity contribution in [1.82, 2.24) is 10.6 Å². The Morgan fingerprint density at radius 3 is 2.08 bits per heavy atom. The Balaban J connectivity index is 2.74. The zero-order valence-electron chi connectivity index (χ0n) is 12.7. The molecule has 0 saturated carbocycles. The molecule has 0 aliphatic carbocycles. The summed E-state index contributed by atoms with van der Waals surface area (Å²) < 4.78 is -1.84. The average molecular weight is 412 g/mol. The molecule has 0 fully saturated rings. The summed E-state index contributed by atoms with van der Waals surface area (Å²) in [5.41, 5.74) is 0.540. The van der Waals surface area contributed by atoms with Crippen molar-refractivity contribution in [2.24, 2.45) is 5.92 Å². The first-order valence-corrected chi connectivity index (χ1v) is 8.31. The highest BCUT2D eigenvalue weighted by Gasteiger charge is 2.35. The van der Waals surface area contributed by atoms with Crippen LogP contribution in [0.15, 0.2) is 24.3 Å². The van der Waals surface area contributed by atoms with Crippen LogP contribution in [0.5, 0.6) is 0 Å². The SMILES string of the molecule is CC(C)C(=O)N[C@@H](NC(=S)Nc1ccc(C(=O)[O-])cc1)C(Cl)(Cl)Cl. The second-order valence-electron chi connectivity index (χ2n) is 5.10. The van der Waals surface area contributed by atoms with Crippen LogP contribution < -0.4 is 21.1 Å². The number of carboxylic acids is 1. The third kappa shape index (κ3) is 6.68. The van der Waals surface area contributed by atoms with Gasteiger partial charge in [-0.15, -0.1) is 0 Å². The molecule has 0 radical (unpaired) electrons. The minimum atomic E-state index is -1.84. The summed E-state index contributed by atoms with van der Waals surface area (Å²) in [6, 6.07) is 5.70. The van der Waals surface area contributed by atoms with Crippen LogP contribution in [0.2, 0.25) is 0 Å². The lowest BCUT2D eigenvalue weighted by molar-refractivity contribution is -0.255. The molecule has 0 saturated heterocycles. The zero-order valence-corrected chi connectivity index (χ0v) is 15.8. The van der Waals surface area contributed by atoms with Crippen molar-refractivity contribution in [2.75, 3.05) is 5.32 Å². The molecule has 0 unspecified atom stereocenters. The van der Waals surface area contributed by atoms with Crippen LogP contribution in [-0.4, -0.2) is 26.9 Å². The molecule has 24 heavy (non-hydrogen) atoms. The first-order chi connectivity index (χ1) is 11.0. The van der Waals surface area contributed by atoms with Crippen LogP contribution in [0.3, 0.4) is 0 Å². The number of rotatable bonds is 5. The second kappa shape index (κ2) is 8.71. The zero-order chi connectivity index (χ0) is 18.5. The maximum atomic E-state index is 11.8. The molecule has 0 aliphatic heterocycles. The highest BCUT2D eigenvalue weighted by Crippen LogP contribution is 2.29. The third-order valence-corrected chi connectivity index (χ3v) is 3.67. The van der Waals surface area contributed by atoms with Gasteiger partial charge < -0.3 is 25.9 Å². The fourth-order valence-corrected chi connectivity index (χ4v) is 2.06. The number of thiocarbonyl (C=S) groups is 1. The van der Waals surface area contributed by atoms with E-state index in [4.69, 9.17) is 47.0 Å². The number of alkyl halides is 3. The Bertz CT molecular complexity index is 618. The summed E-state index contributed by atoms with van der Waals surface area (Å²) in [7, 11) is 0. The topological polar surface area (TPSA) is 93.3 Å². The van der Waals surface area contributed by atoms with Gasteiger partial charge in [0.25, 0.3) is 0 Å². The Kier molecular flexibility index (Phi) is 7.54. The quantitative estimate of drug-likeness (QED) is 0.389. The van der Waals surface area contributed by atoms with Gasteiger partial charge in [0.15, 0.2) is 5.11 Å². The van der Waals surface area contributed by atoms with E-state index in [-0.39, 0.29) is 22.5 Å². The maximum Gasteiger partial charge on any atom is 0.228 e. The molecule has 1 amide bonds. The molecule has 6 nitrogen and oxygen atoms in total. The molecule has 3 N–H and O–H groups in total. The molecule has 0 heterocycles. The molecule has 1 aromatic rings. The molecule has 0 bridgehead atoms. The van der Waals surface area contributed by atoms with E-state index in [1.807, 2.05) is 0 Å². The van der Waals surface area contributed by atoms with Gasteiger partial charge in [-0.25, -0.2) is 0 Å². The number of halogens is 3. The van der Waals surface area contributed by atoms with Gasteiger partial charge in [0.1, 0.15) is 6.17 Å². The minimum Gasteiger partial charge on any atom is -0.545 e. The van der Waals surface area contributed by atoms with Crippen LogP contribution in [0.4, 0.5) is 5.69 Å². The third-order valence-electron chi connectivity index (χ3n) is 2.79. The molecule has 10 heteroatoms. The van der Waals surface area contributed by atoms with Crippen molar-refractivity contribution in [3.8, 4) is 0 Å². The standard InChI is InChI=1S/C14H16Cl3N3O3S/c1-7(2)10(21)19-12(14(15,16)17)20-13(24)18-9-5-3-8(4-6-9)11(22)23/h3-7,12H,1-2H3,(H,19,21)(H,22,23)(H2,18,20,24)/p-1/t12-/m0/s1. The number of carboxylic acid groups (broad SMARTS) is 1.